The molecule has 2 aliphatic heterocycles. The molecule has 0 bridgehead atoms. The van der Waals surface area contributed by atoms with Gasteiger partial charge in [0.05, 0.1) is 0 Å². The molecule has 4 rings (SSSR count). The number of nitrogens with zero attached hydrogens (tertiary/aromatic N) is 1. The van der Waals surface area contributed by atoms with Gasteiger partial charge in [0.2, 0.25) is 0 Å². The largest absolute Gasteiger partial charge is 0.350 e. The van der Waals surface area contributed by atoms with Crippen molar-refractivity contribution in [3.8, 4) is 0 Å². The van der Waals surface area contributed by atoms with Crippen molar-refractivity contribution in [2.75, 3.05) is 13.2 Å². The molecule has 2 aromatic carbocycles. The van der Waals surface area contributed by atoms with Crippen LogP contribution in [-0.4, -0.2) is 36.2 Å². The molecule has 1 unspecified atom stereocenters. The van der Waals surface area contributed by atoms with Gasteiger partial charge in [-0.05, 0) is 61.6 Å². The number of ether oxygens (including phenoxy) is 1. The zero-order chi connectivity index (χ0) is 20.2. The van der Waals surface area contributed by atoms with E-state index < -0.39 is 0 Å². The van der Waals surface area contributed by atoms with Crippen LogP contribution >= 0.6 is 0 Å². The molecule has 1 saturated heterocycles. The quantitative estimate of drug-likeness (QED) is 0.808. The molecule has 0 aromatic heterocycles. The normalized spacial score (nSPS) is 18.8. The van der Waals surface area contributed by atoms with Crippen LogP contribution in [-0.2, 0) is 22.5 Å². The highest BCUT2D eigenvalue weighted by Gasteiger charge is 2.23. The SMILES string of the molecule is Cc1ccc(C(=O)N2CCc3cc(C(=O)NOC4CCCCO4)ccc3C2)cc1. The highest BCUT2D eigenvalue weighted by Crippen LogP contribution is 2.22. The third-order valence-electron chi connectivity index (χ3n) is 5.49. The summed E-state index contributed by atoms with van der Waals surface area (Å²) in [6.45, 7) is 3.86. The smallest absolute Gasteiger partial charge is 0.274 e. The van der Waals surface area contributed by atoms with Gasteiger partial charge in [-0.1, -0.05) is 23.8 Å². The van der Waals surface area contributed by atoms with Crippen molar-refractivity contribution < 1.29 is 19.2 Å². The number of amides is 2. The number of benzene rings is 2. The summed E-state index contributed by atoms with van der Waals surface area (Å²) in [5.74, 6) is -0.238. The predicted molar refractivity (Wildman–Crippen MR) is 108 cm³/mol. The Morgan fingerprint density at radius 3 is 2.62 bits per heavy atom. The summed E-state index contributed by atoms with van der Waals surface area (Å²) >= 11 is 0. The first-order valence-electron chi connectivity index (χ1n) is 10.2. The second kappa shape index (κ2) is 8.76. The monoisotopic (exact) mass is 394 g/mol. The molecule has 0 spiro atoms. The Balaban J connectivity index is 1.38. The van der Waals surface area contributed by atoms with Crippen molar-refractivity contribution in [2.45, 2.75) is 45.4 Å². The summed E-state index contributed by atoms with van der Waals surface area (Å²) < 4.78 is 5.46. The van der Waals surface area contributed by atoms with Crippen LogP contribution in [0.4, 0.5) is 0 Å². The van der Waals surface area contributed by atoms with Crippen LogP contribution in [0.15, 0.2) is 42.5 Å². The Labute approximate surface area is 170 Å². The summed E-state index contributed by atoms with van der Waals surface area (Å²) in [4.78, 5) is 32.4. The minimum absolute atomic E-state index is 0.0401. The van der Waals surface area contributed by atoms with Crippen LogP contribution in [0.5, 0.6) is 0 Å². The lowest BCUT2D eigenvalue weighted by atomic mass is 9.96. The maximum atomic E-state index is 12.8. The van der Waals surface area contributed by atoms with Crippen molar-refractivity contribution >= 4 is 11.8 Å². The maximum Gasteiger partial charge on any atom is 0.274 e. The molecule has 6 heteroatoms. The molecule has 1 atom stereocenters. The fourth-order valence-electron chi connectivity index (χ4n) is 3.73. The van der Waals surface area contributed by atoms with Crippen molar-refractivity contribution in [3.05, 3.63) is 70.3 Å². The van der Waals surface area contributed by atoms with E-state index in [4.69, 9.17) is 9.57 Å². The number of fused-ring (bicyclic) bond motifs is 1. The molecule has 1 fully saturated rings. The molecule has 2 aliphatic rings. The fourth-order valence-corrected chi connectivity index (χ4v) is 3.73. The van der Waals surface area contributed by atoms with Gasteiger partial charge >= 0.3 is 0 Å². The fraction of sp³-hybridized carbons (Fsp3) is 0.391. The number of hydrogen-bond acceptors (Lipinski definition) is 4. The lowest BCUT2D eigenvalue weighted by Gasteiger charge is -2.29. The van der Waals surface area contributed by atoms with Gasteiger partial charge in [-0.3, -0.25) is 9.59 Å². The van der Waals surface area contributed by atoms with Crippen molar-refractivity contribution in [2.24, 2.45) is 0 Å². The third kappa shape index (κ3) is 4.66. The predicted octanol–water partition coefficient (Wildman–Crippen LogP) is 3.38. The van der Waals surface area contributed by atoms with Gasteiger partial charge in [-0.15, -0.1) is 0 Å². The zero-order valence-electron chi connectivity index (χ0n) is 16.6. The van der Waals surface area contributed by atoms with Gasteiger partial charge in [-0.25, -0.2) is 10.3 Å². The molecular formula is C23H26N2O4. The summed E-state index contributed by atoms with van der Waals surface area (Å²) in [7, 11) is 0. The van der Waals surface area contributed by atoms with E-state index in [1.54, 1.807) is 6.07 Å². The molecule has 1 N–H and O–H groups in total. The molecular weight excluding hydrogens is 368 g/mol. The number of rotatable bonds is 4. The van der Waals surface area contributed by atoms with E-state index in [2.05, 4.69) is 5.48 Å². The average Bonchev–Trinajstić information content (AvgIpc) is 2.77. The minimum Gasteiger partial charge on any atom is -0.350 e. The second-order valence-electron chi connectivity index (χ2n) is 7.67. The Hall–Kier alpha value is -2.70. The maximum absolute atomic E-state index is 12.8. The number of hydrogen-bond donors (Lipinski definition) is 1. The average molecular weight is 394 g/mol. The van der Waals surface area contributed by atoms with E-state index in [1.165, 1.54) is 0 Å². The first kappa shape index (κ1) is 19.6. The Morgan fingerprint density at radius 1 is 1.07 bits per heavy atom. The lowest BCUT2D eigenvalue weighted by Crippen LogP contribution is -2.36. The summed E-state index contributed by atoms with van der Waals surface area (Å²) in [5, 5.41) is 0. The Morgan fingerprint density at radius 2 is 1.86 bits per heavy atom. The molecule has 6 nitrogen and oxygen atoms in total. The van der Waals surface area contributed by atoms with E-state index in [0.29, 0.717) is 30.8 Å². The Kier molecular flexibility index (Phi) is 5.92. The topological polar surface area (TPSA) is 67.9 Å². The van der Waals surface area contributed by atoms with Crippen LogP contribution in [0, 0.1) is 6.92 Å². The van der Waals surface area contributed by atoms with E-state index in [0.717, 1.165) is 42.4 Å². The van der Waals surface area contributed by atoms with Crippen LogP contribution in [0.1, 0.15) is 56.7 Å². The zero-order valence-corrected chi connectivity index (χ0v) is 16.6. The second-order valence-corrected chi connectivity index (χ2v) is 7.67. The summed E-state index contributed by atoms with van der Waals surface area (Å²) in [6, 6.07) is 13.2. The van der Waals surface area contributed by atoms with Gasteiger partial charge in [0.1, 0.15) is 0 Å². The van der Waals surface area contributed by atoms with Gasteiger partial charge in [0.15, 0.2) is 6.29 Å². The molecule has 0 radical (unpaired) electrons. The first-order chi connectivity index (χ1) is 14.1. The van der Waals surface area contributed by atoms with Crippen LogP contribution in [0.3, 0.4) is 0 Å². The van der Waals surface area contributed by atoms with Crippen molar-refractivity contribution in [1.82, 2.24) is 10.4 Å². The molecule has 2 amide bonds. The summed E-state index contributed by atoms with van der Waals surface area (Å²) in [5.41, 5.74) is 7.06. The number of carbonyl (C=O) groups excluding carboxylic acids is 2. The number of aryl methyl sites for hydroxylation is 1. The number of nitrogens with one attached hydrogen (secondary N) is 1. The molecule has 0 saturated carbocycles. The minimum atomic E-state index is -0.369. The number of carbonyl (C=O) groups is 2. The van der Waals surface area contributed by atoms with E-state index in [9.17, 15) is 9.59 Å². The van der Waals surface area contributed by atoms with Crippen molar-refractivity contribution in [1.29, 1.82) is 0 Å². The van der Waals surface area contributed by atoms with E-state index in [-0.39, 0.29) is 18.1 Å². The molecule has 152 valence electrons. The molecule has 29 heavy (non-hydrogen) atoms. The first-order valence-corrected chi connectivity index (χ1v) is 10.2. The molecule has 0 aliphatic carbocycles. The highest BCUT2D eigenvalue weighted by molar-refractivity contribution is 5.95. The van der Waals surface area contributed by atoms with Gasteiger partial charge < -0.3 is 9.64 Å². The van der Waals surface area contributed by atoms with Gasteiger partial charge in [0, 0.05) is 37.2 Å². The van der Waals surface area contributed by atoms with E-state index in [1.807, 2.05) is 48.2 Å². The molecule has 2 aromatic rings. The Bertz CT molecular complexity index is 888. The molecule has 2 heterocycles. The van der Waals surface area contributed by atoms with Crippen LogP contribution in [0.25, 0.3) is 0 Å². The number of hydroxylamine groups is 1. The highest BCUT2D eigenvalue weighted by atomic mass is 16.8. The lowest BCUT2D eigenvalue weighted by molar-refractivity contribution is -0.186. The van der Waals surface area contributed by atoms with Gasteiger partial charge in [0.25, 0.3) is 11.8 Å². The van der Waals surface area contributed by atoms with Crippen molar-refractivity contribution in [3.63, 3.8) is 0 Å². The summed E-state index contributed by atoms with van der Waals surface area (Å²) in [6.07, 6.45) is 3.21. The van der Waals surface area contributed by atoms with Gasteiger partial charge in [-0.2, -0.15) is 0 Å². The van der Waals surface area contributed by atoms with E-state index >= 15 is 0 Å². The standard InChI is InChI=1S/C23H26N2O4/c1-16-5-7-17(8-6-16)23(27)25-12-11-18-14-19(9-10-20(18)15-25)22(26)24-29-21-4-2-3-13-28-21/h5-10,14,21H,2-4,11-13,15H2,1H3,(H,24,26). The third-order valence-corrected chi connectivity index (χ3v) is 5.49. The van der Waals surface area contributed by atoms with Crippen LogP contribution < -0.4 is 5.48 Å². The van der Waals surface area contributed by atoms with Crippen LogP contribution in [0.2, 0.25) is 0 Å².